The first kappa shape index (κ1) is 12.0. The number of rotatable bonds is 4. The zero-order chi connectivity index (χ0) is 13.0. The number of aromatic nitrogens is 2. The maximum Gasteiger partial charge on any atom is 0.213 e. The van der Waals surface area contributed by atoms with Crippen molar-refractivity contribution in [3.63, 3.8) is 0 Å². The Morgan fingerprint density at radius 3 is 2.67 bits per heavy atom. The standard InChI is InChI=1S/C12H8FN3O2/c13-10-7-8(4-6-15-10)11(16-18)12(17)9-3-1-2-5-14-9/h1-7,11H. The highest BCUT2D eigenvalue weighted by atomic mass is 19.1. The third-order valence-electron chi connectivity index (χ3n) is 2.34. The SMILES string of the molecule is O=NC(C(=O)c1ccccn1)c1ccnc(F)c1. The van der Waals surface area contributed by atoms with E-state index in [1.807, 2.05) is 0 Å². The number of carbonyl (C=O) groups excluding carboxylic acids is 1. The number of halogens is 1. The summed E-state index contributed by atoms with van der Waals surface area (Å²) in [5.41, 5.74) is 0.271. The molecule has 2 aromatic heterocycles. The molecule has 1 atom stereocenters. The molecule has 0 bridgehead atoms. The highest BCUT2D eigenvalue weighted by molar-refractivity contribution is 5.99. The lowest BCUT2D eigenvalue weighted by Crippen LogP contribution is -2.12. The molecule has 90 valence electrons. The van der Waals surface area contributed by atoms with Crippen LogP contribution in [0.15, 0.2) is 47.9 Å². The minimum absolute atomic E-state index is 0.110. The molecule has 0 aromatic carbocycles. The average molecular weight is 245 g/mol. The van der Waals surface area contributed by atoms with E-state index in [-0.39, 0.29) is 11.3 Å². The van der Waals surface area contributed by atoms with Gasteiger partial charge in [-0.2, -0.15) is 4.39 Å². The zero-order valence-electron chi connectivity index (χ0n) is 9.15. The summed E-state index contributed by atoms with van der Waals surface area (Å²) in [6, 6.07) is 5.81. The molecule has 1 unspecified atom stereocenters. The van der Waals surface area contributed by atoms with E-state index in [9.17, 15) is 14.1 Å². The number of nitroso groups, excluding NO2 is 1. The van der Waals surface area contributed by atoms with E-state index in [4.69, 9.17) is 0 Å². The van der Waals surface area contributed by atoms with Crippen molar-refractivity contribution in [3.8, 4) is 0 Å². The maximum absolute atomic E-state index is 12.9. The van der Waals surface area contributed by atoms with Crippen LogP contribution in [-0.4, -0.2) is 15.8 Å². The second-order valence-electron chi connectivity index (χ2n) is 3.50. The summed E-state index contributed by atoms with van der Waals surface area (Å²) >= 11 is 0. The number of pyridine rings is 2. The highest BCUT2D eigenvalue weighted by Crippen LogP contribution is 2.21. The molecular formula is C12H8FN3O2. The van der Waals surface area contributed by atoms with Crippen molar-refractivity contribution < 1.29 is 9.18 Å². The molecule has 0 fully saturated rings. The summed E-state index contributed by atoms with van der Waals surface area (Å²) in [6.45, 7) is 0. The monoisotopic (exact) mass is 245 g/mol. The summed E-state index contributed by atoms with van der Waals surface area (Å²) < 4.78 is 12.9. The van der Waals surface area contributed by atoms with E-state index in [0.29, 0.717) is 0 Å². The summed E-state index contributed by atoms with van der Waals surface area (Å²) in [6.07, 6.45) is 2.61. The molecule has 2 rings (SSSR count). The number of hydrogen-bond acceptors (Lipinski definition) is 5. The second-order valence-corrected chi connectivity index (χ2v) is 3.50. The fourth-order valence-electron chi connectivity index (χ4n) is 1.50. The van der Waals surface area contributed by atoms with Crippen LogP contribution in [0.3, 0.4) is 0 Å². The Bertz CT molecular complexity index is 575. The van der Waals surface area contributed by atoms with Gasteiger partial charge in [0.1, 0.15) is 5.69 Å². The van der Waals surface area contributed by atoms with Crippen molar-refractivity contribution in [1.29, 1.82) is 0 Å². The largest absolute Gasteiger partial charge is 0.289 e. The van der Waals surface area contributed by atoms with Gasteiger partial charge >= 0.3 is 0 Å². The van der Waals surface area contributed by atoms with E-state index in [2.05, 4.69) is 15.1 Å². The molecule has 0 aliphatic heterocycles. The zero-order valence-corrected chi connectivity index (χ0v) is 9.15. The van der Waals surface area contributed by atoms with Crippen molar-refractivity contribution in [1.82, 2.24) is 9.97 Å². The van der Waals surface area contributed by atoms with Crippen molar-refractivity contribution in [2.75, 3.05) is 0 Å². The van der Waals surface area contributed by atoms with Gasteiger partial charge in [0.25, 0.3) is 0 Å². The van der Waals surface area contributed by atoms with Gasteiger partial charge < -0.3 is 0 Å². The smallest absolute Gasteiger partial charge is 0.213 e. The molecule has 0 radical (unpaired) electrons. The van der Waals surface area contributed by atoms with E-state index in [0.717, 1.165) is 6.07 Å². The second kappa shape index (κ2) is 5.22. The van der Waals surface area contributed by atoms with Gasteiger partial charge in [-0.3, -0.25) is 9.78 Å². The minimum Gasteiger partial charge on any atom is -0.289 e. The third-order valence-corrected chi connectivity index (χ3v) is 2.34. The molecule has 18 heavy (non-hydrogen) atoms. The van der Waals surface area contributed by atoms with Gasteiger partial charge in [-0.1, -0.05) is 11.2 Å². The lowest BCUT2D eigenvalue weighted by atomic mass is 10.0. The Hall–Kier alpha value is -2.50. The summed E-state index contributed by atoms with van der Waals surface area (Å²) in [7, 11) is 0. The van der Waals surface area contributed by atoms with Crippen LogP contribution in [0.5, 0.6) is 0 Å². The topological polar surface area (TPSA) is 72.3 Å². The Morgan fingerprint density at radius 2 is 2.06 bits per heavy atom. The fourth-order valence-corrected chi connectivity index (χ4v) is 1.50. The van der Waals surface area contributed by atoms with Crippen LogP contribution in [0.1, 0.15) is 22.1 Å². The Labute approximate surface area is 102 Å². The summed E-state index contributed by atoms with van der Waals surface area (Å²) in [5, 5.41) is 2.74. The van der Waals surface area contributed by atoms with Crippen LogP contribution >= 0.6 is 0 Å². The van der Waals surface area contributed by atoms with Crippen molar-refractivity contribution >= 4 is 5.78 Å². The molecule has 0 amide bonds. The fraction of sp³-hybridized carbons (Fsp3) is 0.0833. The third kappa shape index (κ3) is 2.42. The number of hydrogen-bond donors (Lipinski definition) is 0. The lowest BCUT2D eigenvalue weighted by Gasteiger charge is -2.07. The predicted octanol–water partition coefficient (Wildman–Crippen LogP) is 2.31. The molecule has 5 nitrogen and oxygen atoms in total. The van der Waals surface area contributed by atoms with Crippen LogP contribution in [0.2, 0.25) is 0 Å². The van der Waals surface area contributed by atoms with Crippen LogP contribution in [-0.2, 0) is 0 Å². The first-order valence-corrected chi connectivity index (χ1v) is 5.11. The molecule has 0 aliphatic rings. The van der Waals surface area contributed by atoms with Gasteiger partial charge in [-0.15, -0.1) is 4.91 Å². The lowest BCUT2D eigenvalue weighted by molar-refractivity contribution is 0.0957. The molecular weight excluding hydrogens is 237 g/mol. The minimum atomic E-state index is -1.31. The van der Waals surface area contributed by atoms with Crippen LogP contribution in [0.25, 0.3) is 0 Å². The van der Waals surface area contributed by atoms with Crippen LogP contribution in [0.4, 0.5) is 4.39 Å². The average Bonchev–Trinajstić information content (AvgIpc) is 2.40. The van der Waals surface area contributed by atoms with Gasteiger partial charge in [0, 0.05) is 12.4 Å². The van der Waals surface area contributed by atoms with Crippen LogP contribution < -0.4 is 0 Å². The summed E-state index contributed by atoms with van der Waals surface area (Å²) in [5.74, 6) is -1.34. The number of Topliss-reactive ketones (excluding diaryl/α,β-unsaturated/α-hetero) is 1. The summed E-state index contributed by atoms with van der Waals surface area (Å²) in [4.78, 5) is 30.0. The van der Waals surface area contributed by atoms with E-state index in [1.54, 1.807) is 12.1 Å². The Balaban J connectivity index is 2.35. The molecule has 0 saturated heterocycles. The number of nitrogens with zero attached hydrogens (tertiary/aromatic N) is 3. The quantitative estimate of drug-likeness (QED) is 0.470. The first-order chi connectivity index (χ1) is 8.72. The number of carbonyl (C=O) groups is 1. The maximum atomic E-state index is 12.9. The Morgan fingerprint density at radius 1 is 1.22 bits per heavy atom. The van der Waals surface area contributed by atoms with E-state index >= 15 is 0 Å². The van der Waals surface area contributed by atoms with Crippen molar-refractivity contribution in [3.05, 3.63) is 64.8 Å². The molecule has 0 saturated carbocycles. The van der Waals surface area contributed by atoms with Crippen molar-refractivity contribution in [2.24, 2.45) is 5.18 Å². The molecule has 2 heterocycles. The highest BCUT2D eigenvalue weighted by Gasteiger charge is 2.24. The number of ketones is 1. The van der Waals surface area contributed by atoms with Gasteiger partial charge in [-0.05, 0) is 29.8 Å². The van der Waals surface area contributed by atoms with Crippen molar-refractivity contribution in [2.45, 2.75) is 6.04 Å². The molecule has 0 aliphatic carbocycles. The Kier molecular flexibility index (Phi) is 3.47. The molecule has 6 heteroatoms. The van der Waals surface area contributed by atoms with Crippen LogP contribution in [0, 0.1) is 10.9 Å². The molecule has 0 N–H and O–H groups in total. The molecule has 2 aromatic rings. The van der Waals surface area contributed by atoms with Gasteiger partial charge in [-0.25, -0.2) is 4.98 Å². The predicted molar refractivity (Wildman–Crippen MR) is 61.3 cm³/mol. The molecule has 0 spiro atoms. The van der Waals surface area contributed by atoms with E-state index in [1.165, 1.54) is 24.5 Å². The normalized spacial score (nSPS) is 11.8. The van der Waals surface area contributed by atoms with Gasteiger partial charge in [0.05, 0.1) is 0 Å². The van der Waals surface area contributed by atoms with Gasteiger partial charge in [0.2, 0.25) is 11.7 Å². The first-order valence-electron chi connectivity index (χ1n) is 5.11. The van der Waals surface area contributed by atoms with Gasteiger partial charge in [0.15, 0.2) is 6.04 Å². The van der Waals surface area contributed by atoms with E-state index < -0.39 is 17.8 Å².